The van der Waals surface area contributed by atoms with E-state index in [0.717, 1.165) is 16.8 Å². The highest BCUT2D eigenvalue weighted by Crippen LogP contribution is 2.18. The second-order valence-electron chi connectivity index (χ2n) is 4.08. The van der Waals surface area contributed by atoms with E-state index in [-0.39, 0.29) is 5.91 Å². The summed E-state index contributed by atoms with van der Waals surface area (Å²) in [4.78, 5) is 11.9. The van der Waals surface area contributed by atoms with Gasteiger partial charge < -0.3 is 5.32 Å². The molecule has 2 rings (SSSR count). The molecule has 0 radical (unpaired) electrons. The third kappa shape index (κ3) is 2.36. The lowest BCUT2D eigenvalue weighted by atomic mass is 10.1. The molecule has 1 amide bonds. The summed E-state index contributed by atoms with van der Waals surface area (Å²) in [5.74, 6) is -0.181. The first-order chi connectivity index (χ1) is 8.08. The molecule has 0 fully saturated rings. The average Bonchev–Trinajstić information content (AvgIpc) is 2.72. The van der Waals surface area contributed by atoms with Crippen molar-refractivity contribution in [3.05, 3.63) is 47.3 Å². The number of amides is 1. The van der Waals surface area contributed by atoms with Gasteiger partial charge in [-0.15, -0.1) is 0 Å². The van der Waals surface area contributed by atoms with Crippen LogP contribution in [0.15, 0.2) is 30.5 Å². The number of rotatable bonds is 2. The van der Waals surface area contributed by atoms with Gasteiger partial charge in [0.1, 0.15) is 0 Å². The van der Waals surface area contributed by atoms with Gasteiger partial charge in [0.2, 0.25) is 0 Å². The summed E-state index contributed by atoms with van der Waals surface area (Å²) in [6.07, 6.45) is 1.75. The summed E-state index contributed by atoms with van der Waals surface area (Å²) >= 11 is 0. The maximum Gasteiger partial charge on any atom is 0.276 e. The first-order valence-corrected chi connectivity index (χ1v) is 5.45. The number of aryl methyl sites for hydroxylation is 2. The number of nitrogens with zero attached hydrogens (tertiary/aromatic N) is 2. The molecular weight excluding hydrogens is 214 g/mol. The molecule has 0 unspecified atom stereocenters. The second-order valence-corrected chi connectivity index (χ2v) is 4.08. The molecule has 88 valence electrons. The number of aromatic nitrogens is 2. The van der Waals surface area contributed by atoms with Gasteiger partial charge in [0.15, 0.2) is 5.69 Å². The van der Waals surface area contributed by atoms with Crippen LogP contribution in [-0.4, -0.2) is 15.7 Å². The number of anilines is 1. The van der Waals surface area contributed by atoms with Crippen molar-refractivity contribution in [3.63, 3.8) is 0 Å². The van der Waals surface area contributed by atoms with Gasteiger partial charge >= 0.3 is 0 Å². The topological polar surface area (TPSA) is 46.9 Å². The summed E-state index contributed by atoms with van der Waals surface area (Å²) in [5, 5.41) is 6.93. The Morgan fingerprint density at radius 2 is 2.06 bits per heavy atom. The highest BCUT2D eigenvalue weighted by Gasteiger charge is 2.10. The smallest absolute Gasteiger partial charge is 0.276 e. The van der Waals surface area contributed by atoms with Crippen LogP contribution in [0.2, 0.25) is 0 Å². The average molecular weight is 229 g/mol. The van der Waals surface area contributed by atoms with Crippen LogP contribution < -0.4 is 5.32 Å². The SMILES string of the molecule is Cc1cccc(NC(=O)c2ccn(C)n2)c1C. The third-order valence-electron chi connectivity index (χ3n) is 2.80. The number of hydrogen-bond acceptors (Lipinski definition) is 2. The van der Waals surface area contributed by atoms with Gasteiger partial charge in [-0.3, -0.25) is 9.48 Å². The summed E-state index contributed by atoms with van der Waals surface area (Å²) in [6.45, 7) is 4.01. The molecular formula is C13H15N3O. The Balaban J connectivity index is 2.21. The molecule has 0 aliphatic heterocycles. The van der Waals surface area contributed by atoms with Gasteiger partial charge in [0.05, 0.1) is 0 Å². The Labute approximate surface area is 100 Å². The zero-order valence-electron chi connectivity index (χ0n) is 10.2. The zero-order valence-corrected chi connectivity index (χ0v) is 10.2. The van der Waals surface area contributed by atoms with Crippen LogP contribution in [-0.2, 0) is 7.05 Å². The molecule has 1 N–H and O–H groups in total. The van der Waals surface area contributed by atoms with Gasteiger partial charge in [0, 0.05) is 18.9 Å². The summed E-state index contributed by atoms with van der Waals surface area (Å²) < 4.78 is 1.61. The maximum atomic E-state index is 11.9. The summed E-state index contributed by atoms with van der Waals surface area (Å²) in [5.41, 5.74) is 3.50. The van der Waals surface area contributed by atoms with Crippen LogP contribution in [0.5, 0.6) is 0 Å². The highest BCUT2D eigenvalue weighted by molar-refractivity contribution is 6.03. The van der Waals surface area contributed by atoms with Crippen molar-refractivity contribution in [2.75, 3.05) is 5.32 Å². The first kappa shape index (κ1) is 11.4. The number of carbonyl (C=O) groups is 1. The van der Waals surface area contributed by atoms with Crippen LogP contribution in [0.3, 0.4) is 0 Å². The molecule has 0 aliphatic rings. The Morgan fingerprint density at radius 1 is 1.29 bits per heavy atom. The highest BCUT2D eigenvalue weighted by atomic mass is 16.1. The van der Waals surface area contributed by atoms with Crippen LogP contribution >= 0.6 is 0 Å². The molecule has 4 heteroatoms. The number of benzene rings is 1. The molecule has 1 aromatic carbocycles. The Bertz CT molecular complexity index is 558. The lowest BCUT2D eigenvalue weighted by Gasteiger charge is -2.08. The van der Waals surface area contributed by atoms with Crippen molar-refractivity contribution in [2.45, 2.75) is 13.8 Å². The summed E-state index contributed by atoms with van der Waals surface area (Å²) in [6, 6.07) is 7.53. The monoisotopic (exact) mass is 229 g/mol. The van der Waals surface area contributed by atoms with E-state index in [1.165, 1.54) is 0 Å². The van der Waals surface area contributed by atoms with Crippen molar-refractivity contribution < 1.29 is 4.79 Å². The van der Waals surface area contributed by atoms with Gasteiger partial charge in [-0.25, -0.2) is 0 Å². The number of hydrogen-bond donors (Lipinski definition) is 1. The molecule has 0 saturated carbocycles. The molecule has 0 spiro atoms. The number of carbonyl (C=O) groups excluding carboxylic acids is 1. The van der Waals surface area contributed by atoms with Crippen LogP contribution in [0.4, 0.5) is 5.69 Å². The molecule has 0 aliphatic carbocycles. The van der Waals surface area contributed by atoms with E-state index in [4.69, 9.17) is 0 Å². The zero-order chi connectivity index (χ0) is 12.4. The molecule has 1 aromatic heterocycles. The molecule has 1 heterocycles. The van der Waals surface area contributed by atoms with Crippen molar-refractivity contribution in [2.24, 2.45) is 7.05 Å². The third-order valence-corrected chi connectivity index (χ3v) is 2.80. The van der Waals surface area contributed by atoms with Gasteiger partial charge in [0.25, 0.3) is 5.91 Å². The van der Waals surface area contributed by atoms with Crippen molar-refractivity contribution in [3.8, 4) is 0 Å². The molecule has 0 bridgehead atoms. The fourth-order valence-corrected chi connectivity index (χ4v) is 1.61. The van der Waals surface area contributed by atoms with E-state index >= 15 is 0 Å². The van der Waals surface area contributed by atoms with Crippen LogP contribution in [0.25, 0.3) is 0 Å². The Morgan fingerprint density at radius 3 is 2.71 bits per heavy atom. The quantitative estimate of drug-likeness (QED) is 0.858. The molecule has 17 heavy (non-hydrogen) atoms. The van der Waals surface area contributed by atoms with E-state index in [2.05, 4.69) is 10.4 Å². The van der Waals surface area contributed by atoms with Crippen molar-refractivity contribution >= 4 is 11.6 Å². The number of nitrogens with one attached hydrogen (secondary N) is 1. The predicted molar refractivity (Wildman–Crippen MR) is 67.1 cm³/mol. The van der Waals surface area contributed by atoms with Gasteiger partial charge in [-0.05, 0) is 37.1 Å². The minimum absolute atomic E-state index is 0.181. The molecule has 0 saturated heterocycles. The van der Waals surface area contributed by atoms with E-state index < -0.39 is 0 Å². The van der Waals surface area contributed by atoms with Crippen molar-refractivity contribution in [1.82, 2.24) is 9.78 Å². The van der Waals surface area contributed by atoms with E-state index in [9.17, 15) is 4.79 Å². The van der Waals surface area contributed by atoms with E-state index in [1.54, 1.807) is 24.0 Å². The Hall–Kier alpha value is -2.10. The minimum atomic E-state index is -0.181. The van der Waals surface area contributed by atoms with Crippen LogP contribution in [0, 0.1) is 13.8 Å². The van der Waals surface area contributed by atoms with Gasteiger partial charge in [-0.2, -0.15) is 5.10 Å². The maximum absolute atomic E-state index is 11.9. The van der Waals surface area contributed by atoms with Crippen LogP contribution in [0.1, 0.15) is 21.6 Å². The lowest BCUT2D eigenvalue weighted by Crippen LogP contribution is -2.14. The minimum Gasteiger partial charge on any atom is -0.320 e. The largest absolute Gasteiger partial charge is 0.320 e. The normalized spacial score (nSPS) is 10.3. The molecule has 0 atom stereocenters. The molecule has 4 nitrogen and oxygen atoms in total. The van der Waals surface area contributed by atoms with E-state index in [0.29, 0.717) is 5.69 Å². The molecule has 2 aromatic rings. The summed E-state index contributed by atoms with van der Waals surface area (Å²) in [7, 11) is 1.79. The standard InChI is InChI=1S/C13H15N3O/c1-9-5-4-6-11(10(9)2)14-13(17)12-7-8-16(3)15-12/h4-8H,1-3H3,(H,14,17). The Kier molecular flexibility index (Phi) is 2.95. The second kappa shape index (κ2) is 4.41. The fourth-order valence-electron chi connectivity index (χ4n) is 1.61. The van der Waals surface area contributed by atoms with Crippen molar-refractivity contribution in [1.29, 1.82) is 0 Å². The van der Waals surface area contributed by atoms with E-state index in [1.807, 2.05) is 32.0 Å². The van der Waals surface area contributed by atoms with Gasteiger partial charge in [-0.1, -0.05) is 12.1 Å². The lowest BCUT2D eigenvalue weighted by molar-refractivity contribution is 0.102. The fraction of sp³-hybridized carbons (Fsp3) is 0.231. The predicted octanol–water partition coefficient (Wildman–Crippen LogP) is 2.29. The first-order valence-electron chi connectivity index (χ1n) is 5.45.